The van der Waals surface area contributed by atoms with Gasteiger partial charge in [-0.25, -0.2) is 4.68 Å². The van der Waals surface area contributed by atoms with Crippen LogP contribution in [0.5, 0.6) is 0 Å². The van der Waals surface area contributed by atoms with Crippen LogP contribution in [0, 0.1) is 12.8 Å². The van der Waals surface area contributed by atoms with Crippen molar-refractivity contribution < 1.29 is 9.59 Å². The lowest BCUT2D eigenvalue weighted by atomic mass is 9.96. The molecule has 1 saturated heterocycles. The van der Waals surface area contributed by atoms with Crippen LogP contribution in [-0.2, 0) is 9.59 Å². The van der Waals surface area contributed by atoms with Gasteiger partial charge in [0.1, 0.15) is 6.04 Å². The number of piperidine rings is 1. The van der Waals surface area contributed by atoms with Gasteiger partial charge in [0, 0.05) is 25.1 Å². The van der Waals surface area contributed by atoms with Crippen LogP contribution in [0.2, 0.25) is 0 Å². The Bertz CT molecular complexity index is 602. The zero-order chi connectivity index (χ0) is 15.6. The second kappa shape index (κ2) is 6.07. The van der Waals surface area contributed by atoms with Crippen molar-refractivity contribution in [1.82, 2.24) is 14.7 Å². The molecule has 1 aromatic rings. The number of hydrogen-bond acceptors (Lipinski definition) is 4. The smallest absolute Gasteiger partial charge is 0.267 e. The quantitative estimate of drug-likeness (QED) is 0.836. The van der Waals surface area contributed by atoms with Crippen molar-refractivity contribution in [2.24, 2.45) is 11.7 Å². The molecular weight excluding hydrogens is 272 g/mol. The van der Waals surface area contributed by atoms with Gasteiger partial charge in [-0.1, -0.05) is 0 Å². The average molecular weight is 292 g/mol. The SMILES string of the molecule is Cc1ccc(=O)n(C(C)C(=O)N2CCC(C(N)=O)CC2)n1. The number of nitrogens with zero attached hydrogens (tertiary/aromatic N) is 3. The summed E-state index contributed by atoms with van der Waals surface area (Å²) in [5, 5.41) is 4.11. The monoisotopic (exact) mass is 292 g/mol. The van der Waals surface area contributed by atoms with E-state index >= 15 is 0 Å². The van der Waals surface area contributed by atoms with Crippen molar-refractivity contribution in [2.75, 3.05) is 13.1 Å². The highest BCUT2D eigenvalue weighted by atomic mass is 16.2. The molecule has 1 atom stereocenters. The van der Waals surface area contributed by atoms with E-state index < -0.39 is 6.04 Å². The van der Waals surface area contributed by atoms with Crippen LogP contribution in [0.15, 0.2) is 16.9 Å². The number of aryl methyl sites for hydroxylation is 1. The zero-order valence-electron chi connectivity index (χ0n) is 12.3. The van der Waals surface area contributed by atoms with Crippen molar-refractivity contribution in [3.05, 3.63) is 28.2 Å². The minimum Gasteiger partial charge on any atom is -0.369 e. The molecule has 0 radical (unpaired) electrons. The van der Waals surface area contributed by atoms with Crippen molar-refractivity contribution in [3.8, 4) is 0 Å². The lowest BCUT2D eigenvalue weighted by molar-refractivity contribution is -0.137. The van der Waals surface area contributed by atoms with Crippen LogP contribution in [0.4, 0.5) is 0 Å². The molecule has 2 amide bonds. The van der Waals surface area contributed by atoms with Crippen LogP contribution >= 0.6 is 0 Å². The zero-order valence-corrected chi connectivity index (χ0v) is 12.3. The predicted octanol–water partition coefficient (Wildman–Crippen LogP) is -0.163. The Hall–Kier alpha value is -2.18. The van der Waals surface area contributed by atoms with E-state index in [9.17, 15) is 14.4 Å². The Morgan fingerprint density at radius 1 is 1.33 bits per heavy atom. The molecule has 0 aromatic carbocycles. The molecule has 1 aliphatic heterocycles. The third-order valence-electron chi connectivity index (χ3n) is 3.89. The van der Waals surface area contributed by atoms with Crippen molar-refractivity contribution >= 4 is 11.8 Å². The summed E-state index contributed by atoms with van der Waals surface area (Å²) < 4.78 is 1.21. The summed E-state index contributed by atoms with van der Waals surface area (Å²) in [7, 11) is 0. The minimum absolute atomic E-state index is 0.155. The number of carbonyl (C=O) groups excluding carboxylic acids is 2. The first kappa shape index (κ1) is 15.2. The molecule has 114 valence electrons. The number of likely N-dealkylation sites (tertiary alicyclic amines) is 1. The maximum atomic E-state index is 12.4. The molecule has 0 aliphatic carbocycles. The third-order valence-corrected chi connectivity index (χ3v) is 3.89. The maximum absolute atomic E-state index is 12.4. The summed E-state index contributed by atoms with van der Waals surface area (Å²) in [5.74, 6) is -0.631. The van der Waals surface area contributed by atoms with Gasteiger partial charge in [-0.2, -0.15) is 5.10 Å². The summed E-state index contributed by atoms with van der Waals surface area (Å²) in [5.41, 5.74) is 5.66. The summed E-state index contributed by atoms with van der Waals surface area (Å²) in [6.07, 6.45) is 1.15. The third kappa shape index (κ3) is 3.29. The summed E-state index contributed by atoms with van der Waals surface area (Å²) >= 11 is 0. The van der Waals surface area contributed by atoms with Crippen LogP contribution in [-0.4, -0.2) is 39.6 Å². The van der Waals surface area contributed by atoms with E-state index in [1.165, 1.54) is 10.7 Å². The highest BCUT2D eigenvalue weighted by molar-refractivity contribution is 5.81. The van der Waals surface area contributed by atoms with E-state index in [4.69, 9.17) is 5.73 Å². The molecule has 0 saturated carbocycles. The molecule has 21 heavy (non-hydrogen) atoms. The van der Waals surface area contributed by atoms with Gasteiger partial charge in [0.05, 0.1) is 5.69 Å². The topological polar surface area (TPSA) is 98.3 Å². The molecule has 2 rings (SSSR count). The number of primary amides is 1. The summed E-state index contributed by atoms with van der Waals surface area (Å²) in [6, 6.07) is 2.38. The van der Waals surface area contributed by atoms with Crippen molar-refractivity contribution in [3.63, 3.8) is 0 Å². The van der Waals surface area contributed by atoms with E-state index in [-0.39, 0.29) is 23.3 Å². The van der Waals surface area contributed by atoms with Gasteiger partial charge >= 0.3 is 0 Å². The first-order chi connectivity index (χ1) is 9.90. The second-order valence-electron chi connectivity index (χ2n) is 5.44. The Labute approximate surface area is 122 Å². The Morgan fingerprint density at radius 2 is 1.95 bits per heavy atom. The van der Waals surface area contributed by atoms with Gasteiger partial charge < -0.3 is 10.6 Å². The number of hydrogen-bond donors (Lipinski definition) is 1. The molecule has 1 fully saturated rings. The van der Waals surface area contributed by atoms with Crippen LogP contribution < -0.4 is 11.3 Å². The van der Waals surface area contributed by atoms with Gasteiger partial charge in [0.15, 0.2) is 0 Å². The van der Waals surface area contributed by atoms with E-state index in [1.54, 1.807) is 24.8 Å². The molecule has 0 bridgehead atoms. The molecule has 1 unspecified atom stereocenters. The summed E-state index contributed by atoms with van der Waals surface area (Å²) in [6.45, 7) is 4.40. The number of rotatable bonds is 3. The average Bonchev–Trinajstić information content (AvgIpc) is 2.48. The second-order valence-corrected chi connectivity index (χ2v) is 5.44. The standard InChI is InChI=1S/C14H20N4O3/c1-9-3-4-12(19)18(16-9)10(2)14(21)17-7-5-11(6-8-17)13(15)20/h3-4,10-11H,5-8H2,1-2H3,(H2,15,20). The fraction of sp³-hybridized carbons (Fsp3) is 0.571. The van der Waals surface area contributed by atoms with Gasteiger partial charge in [-0.15, -0.1) is 0 Å². The van der Waals surface area contributed by atoms with Gasteiger partial charge in [0.25, 0.3) is 5.56 Å². The molecule has 7 heteroatoms. The number of amides is 2. The molecular formula is C14H20N4O3. The Morgan fingerprint density at radius 3 is 2.52 bits per heavy atom. The van der Waals surface area contributed by atoms with E-state index in [1.807, 2.05) is 0 Å². The highest BCUT2D eigenvalue weighted by Crippen LogP contribution is 2.19. The molecule has 2 heterocycles. The van der Waals surface area contributed by atoms with E-state index in [0.717, 1.165) is 0 Å². The first-order valence-corrected chi connectivity index (χ1v) is 7.04. The normalized spacial score (nSPS) is 17.5. The predicted molar refractivity (Wildman–Crippen MR) is 76.4 cm³/mol. The first-order valence-electron chi connectivity index (χ1n) is 7.04. The molecule has 7 nitrogen and oxygen atoms in total. The van der Waals surface area contributed by atoms with Crippen molar-refractivity contribution in [1.29, 1.82) is 0 Å². The van der Waals surface area contributed by atoms with E-state index in [0.29, 0.717) is 31.6 Å². The number of nitrogens with two attached hydrogens (primary N) is 1. The largest absolute Gasteiger partial charge is 0.369 e. The number of carbonyl (C=O) groups is 2. The maximum Gasteiger partial charge on any atom is 0.267 e. The minimum atomic E-state index is -0.650. The molecule has 1 aliphatic rings. The lowest BCUT2D eigenvalue weighted by Gasteiger charge is -2.32. The van der Waals surface area contributed by atoms with E-state index in [2.05, 4.69) is 5.10 Å². The number of aromatic nitrogens is 2. The molecule has 2 N–H and O–H groups in total. The van der Waals surface area contributed by atoms with Gasteiger partial charge in [-0.05, 0) is 32.8 Å². The lowest BCUT2D eigenvalue weighted by Crippen LogP contribution is -2.45. The fourth-order valence-electron chi connectivity index (χ4n) is 2.55. The van der Waals surface area contributed by atoms with Crippen LogP contribution in [0.25, 0.3) is 0 Å². The van der Waals surface area contributed by atoms with Crippen LogP contribution in [0.3, 0.4) is 0 Å². The Balaban J connectivity index is 2.08. The van der Waals surface area contributed by atoms with Crippen LogP contribution in [0.1, 0.15) is 31.5 Å². The van der Waals surface area contributed by atoms with Crippen molar-refractivity contribution in [2.45, 2.75) is 32.7 Å². The summed E-state index contributed by atoms with van der Waals surface area (Å²) in [4.78, 5) is 37.1. The molecule has 1 aromatic heterocycles. The fourth-order valence-corrected chi connectivity index (χ4v) is 2.55. The van der Waals surface area contributed by atoms with Gasteiger partial charge in [-0.3, -0.25) is 14.4 Å². The highest BCUT2D eigenvalue weighted by Gasteiger charge is 2.29. The molecule has 0 spiro atoms. The Kier molecular flexibility index (Phi) is 4.40. The van der Waals surface area contributed by atoms with Gasteiger partial charge in [0.2, 0.25) is 11.8 Å².